The number of fused-ring (bicyclic) bond motifs is 1. The van der Waals surface area contributed by atoms with Crippen molar-refractivity contribution in [3.8, 4) is 0 Å². The third-order valence-corrected chi connectivity index (χ3v) is 4.63. The summed E-state index contributed by atoms with van der Waals surface area (Å²) in [6, 6.07) is 6.05. The smallest absolute Gasteiger partial charge is 0.412 e. The Hall–Kier alpha value is -2.52. The minimum atomic E-state index is -1.36. The molecule has 9 heteroatoms. The molecule has 0 bridgehead atoms. The molecule has 0 saturated carbocycles. The van der Waals surface area contributed by atoms with Gasteiger partial charge in [-0.05, 0) is 39.0 Å². The Kier molecular flexibility index (Phi) is 5.64. The van der Waals surface area contributed by atoms with Gasteiger partial charge in [-0.15, -0.1) is 0 Å². The summed E-state index contributed by atoms with van der Waals surface area (Å²) in [5.41, 5.74) is -0.219. The van der Waals surface area contributed by atoms with Gasteiger partial charge in [0.25, 0.3) is 5.91 Å². The minimum absolute atomic E-state index is 0.0484. The molecule has 2 aromatic carbocycles. The number of aliphatic hydroxyl groups is 1. The third-order valence-electron chi connectivity index (χ3n) is 4.17. The molecule has 154 valence electrons. The second kappa shape index (κ2) is 7.72. The van der Waals surface area contributed by atoms with E-state index in [9.17, 15) is 23.5 Å². The SMILES string of the molecule is CC(C)(C)OC(=O)Nc1cc(Br)cc2c1C(=O)N(Cc1ccc(F)cc1F)C2O. The Bertz CT molecular complexity index is 991. The van der Waals surface area contributed by atoms with E-state index in [0.29, 0.717) is 10.5 Å². The summed E-state index contributed by atoms with van der Waals surface area (Å²) in [4.78, 5) is 26.1. The number of nitrogens with one attached hydrogen (secondary N) is 1. The lowest BCUT2D eigenvalue weighted by Crippen LogP contribution is -2.29. The molecule has 1 atom stereocenters. The van der Waals surface area contributed by atoms with Crippen LogP contribution < -0.4 is 5.32 Å². The first-order chi connectivity index (χ1) is 13.5. The summed E-state index contributed by atoms with van der Waals surface area (Å²) in [5.74, 6) is -2.17. The molecule has 0 saturated heterocycles. The van der Waals surface area contributed by atoms with E-state index >= 15 is 0 Å². The Morgan fingerprint density at radius 2 is 1.97 bits per heavy atom. The van der Waals surface area contributed by atoms with Crippen molar-refractivity contribution in [2.75, 3.05) is 5.32 Å². The van der Waals surface area contributed by atoms with Gasteiger partial charge >= 0.3 is 6.09 Å². The van der Waals surface area contributed by atoms with E-state index in [0.717, 1.165) is 11.0 Å². The van der Waals surface area contributed by atoms with Crippen LogP contribution in [0.2, 0.25) is 0 Å². The van der Waals surface area contributed by atoms with Gasteiger partial charge in [-0.3, -0.25) is 10.1 Å². The topological polar surface area (TPSA) is 78.9 Å². The number of benzene rings is 2. The fourth-order valence-electron chi connectivity index (χ4n) is 3.00. The summed E-state index contributed by atoms with van der Waals surface area (Å²) >= 11 is 3.29. The van der Waals surface area contributed by atoms with Crippen molar-refractivity contribution in [2.45, 2.75) is 39.1 Å². The third kappa shape index (κ3) is 4.56. The average Bonchev–Trinajstić information content (AvgIpc) is 2.80. The van der Waals surface area contributed by atoms with Crippen LogP contribution in [0.5, 0.6) is 0 Å². The lowest BCUT2D eigenvalue weighted by molar-refractivity contribution is 0.0133. The number of ether oxygens (including phenoxy) is 1. The first-order valence-electron chi connectivity index (χ1n) is 8.72. The second-order valence-corrected chi connectivity index (χ2v) is 8.50. The van der Waals surface area contributed by atoms with Crippen LogP contribution in [0.25, 0.3) is 0 Å². The van der Waals surface area contributed by atoms with E-state index in [2.05, 4.69) is 21.2 Å². The monoisotopic (exact) mass is 468 g/mol. The molecule has 2 amide bonds. The van der Waals surface area contributed by atoms with Crippen LogP contribution in [-0.2, 0) is 11.3 Å². The van der Waals surface area contributed by atoms with Crippen LogP contribution in [-0.4, -0.2) is 27.6 Å². The molecule has 2 N–H and O–H groups in total. The Balaban J connectivity index is 1.92. The summed E-state index contributed by atoms with van der Waals surface area (Å²) < 4.78 is 32.9. The summed E-state index contributed by atoms with van der Waals surface area (Å²) in [6.07, 6.45) is -2.12. The van der Waals surface area contributed by atoms with Crippen molar-refractivity contribution in [3.05, 3.63) is 63.1 Å². The standard InChI is InChI=1S/C20H19BrF2N2O4/c1-20(2,3)29-19(28)24-15-7-11(21)6-13-16(15)18(27)25(17(13)26)9-10-4-5-12(22)8-14(10)23/h4-8,17,26H,9H2,1-3H3,(H,24,28). The number of anilines is 1. The molecule has 1 aliphatic rings. The van der Waals surface area contributed by atoms with E-state index in [1.54, 1.807) is 26.8 Å². The molecular formula is C20H19BrF2N2O4. The molecule has 0 fully saturated rings. The number of carbonyl (C=O) groups is 2. The van der Waals surface area contributed by atoms with Crippen molar-refractivity contribution in [3.63, 3.8) is 0 Å². The average molecular weight is 469 g/mol. The molecular weight excluding hydrogens is 450 g/mol. The predicted molar refractivity (Wildman–Crippen MR) is 105 cm³/mol. The largest absolute Gasteiger partial charge is 0.444 e. The maximum absolute atomic E-state index is 14.0. The van der Waals surface area contributed by atoms with Gasteiger partial charge in [-0.25, -0.2) is 13.6 Å². The molecule has 1 heterocycles. The van der Waals surface area contributed by atoms with Gasteiger partial charge in [-0.2, -0.15) is 0 Å². The zero-order valence-electron chi connectivity index (χ0n) is 15.9. The van der Waals surface area contributed by atoms with Crippen LogP contribution in [0.15, 0.2) is 34.8 Å². The first kappa shape index (κ1) is 21.2. The van der Waals surface area contributed by atoms with E-state index in [-0.39, 0.29) is 28.9 Å². The molecule has 0 spiro atoms. The molecule has 29 heavy (non-hydrogen) atoms. The number of halogens is 3. The zero-order chi connectivity index (χ0) is 21.5. The van der Waals surface area contributed by atoms with E-state index in [1.165, 1.54) is 12.1 Å². The molecule has 3 rings (SSSR count). The summed E-state index contributed by atoms with van der Waals surface area (Å²) in [6.45, 7) is 4.83. The van der Waals surface area contributed by atoms with Crippen LogP contribution in [0, 0.1) is 11.6 Å². The summed E-state index contributed by atoms with van der Waals surface area (Å²) in [5, 5.41) is 13.2. The quantitative estimate of drug-likeness (QED) is 0.682. The van der Waals surface area contributed by atoms with Gasteiger partial charge in [0.2, 0.25) is 0 Å². The number of hydrogen-bond acceptors (Lipinski definition) is 4. The van der Waals surface area contributed by atoms with Crippen molar-refractivity contribution in [2.24, 2.45) is 0 Å². The highest BCUT2D eigenvalue weighted by Crippen LogP contribution is 2.39. The fourth-order valence-corrected chi connectivity index (χ4v) is 3.47. The van der Waals surface area contributed by atoms with Crippen molar-refractivity contribution >= 4 is 33.6 Å². The highest BCUT2D eigenvalue weighted by Gasteiger charge is 2.38. The number of hydrogen-bond donors (Lipinski definition) is 2. The maximum atomic E-state index is 14.0. The van der Waals surface area contributed by atoms with Crippen LogP contribution in [0.3, 0.4) is 0 Å². The van der Waals surface area contributed by atoms with Crippen LogP contribution >= 0.6 is 15.9 Å². The fraction of sp³-hybridized carbons (Fsp3) is 0.300. The minimum Gasteiger partial charge on any atom is -0.444 e. The molecule has 0 radical (unpaired) electrons. The van der Waals surface area contributed by atoms with Gasteiger partial charge in [0.1, 0.15) is 17.2 Å². The summed E-state index contributed by atoms with van der Waals surface area (Å²) in [7, 11) is 0. The molecule has 6 nitrogen and oxygen atoms in total. The van der Waals surface area contributed by atoms with Gasteiger partial charge in [0, 0.05) is 21.7 Å². The lowest BCUT2D eigenvalue weighted by Gasteiger charge is -2.21. The van der Waals surface area contributed by atoms with Crippen LogP contribution in [0.1, 0.15) is 48.5 Å². The molecule has 0 aliphatic carbocycles. The second-order valence-electron chi connectivity index (χ2n) is 7.59. The predicted octanol–water partition coefficient (Wildman–Crippen LogP) is 4.72. The number of rotatable bonds is 3. The van der Waals surface area contributed by atoms with Gasteiger partial charge < -0.3 is 14.7 Å². The number of amides is 2. The first-order valence-corrected chi connectivity index (χ1v) is 9.52. The van der Waals surface area contributed by atoms with Crippen LogP contribution in [0.4, 0.5) is 19.3 Å². The van der Waals surface area contributed by atoms with E-state index in [1.807, 2.05) is 0 Å². The zero-order valence-corrected chi connectivity index (χ0v) is 17.5. The normalized spacial score (nSPS) is 16.0. The van der Waals surface area contributed by atoms with E-state index in [4.69, 9.17) is 4.74 Å². The van der Waals surface area contributed by atoms with Gasteiger partial charge in [-0.1, -0.05) is 22.0 Å². The highest BCUT2D eigenvalue weighted by molar-refractivity contribution is 9.10. The molecule has 0 aromatic heterocycles. The molecule has 1 aliphatic heterocycles. The maximum Gasteiger partial charge on any atom is 0.412 e. The molecule has 1 unspecified atom stereocenters. The van der Waals surface area contributed by atoms with Gasteiger partial charge in [0.15, 0.2) is 6.23 Å². The van der Waals surface area contributed by atoms with Crippen molar-refractivity contribution in [1.29, 1.82) is 0 Å². The lowest BCUT2D eigenvalue weighted by atomic mass is 10.1. The number of carbonyl (C=O) groups excluding carboxylic acids is 2. The van der Waals surface area contributed by atoms with E-state index < -0.39 is 35.5 Å². The number of aliphatic hydroxyl groups excluding tert-OH is 1. The van der Waals surface area contributed by atoms with Crippen molar-refractivity contribution < 1.29 is 28.2 Å². The Morgan fingerprint density at radius 1 is 1.28 bits per heavy atom. The highest BCUT2D eigenvalue weighted by atomic mass is 79.9. The Labute approximate surface area is 174 Å². The van der Waals surface area contributed by atoms with Crippen molar-refractivity contribution in [1.82, 2.24) is 4.90 Å². The number of nitrogens with zero attached hydrogens (tertiary/aromatic N) is 1. The van der Waals surface area contributed by atoms with Gasteiger partial charge in [0.05, 0.1) is 17.8 Å². The Morgan fingerprint density at radius 3 is 2.59 bits per heavy atom. The molecule has 2 aromatic rings.